The van der Waals surface area contributed by atoms with Crippen molar-refractivity contribution < 1.29 is 48.0 Å². The van der Waals surface area contributed by atoms with Gasteiger partial charge in [0, 0.05) is 40.0 Å². The van der Waals surface area contributed by atoms with E-state index < -0.39 is 65.7 Å². The maximum absolute atomic E-state index is 14.0. The van der Waals surface area contributed by atoms with Crippen LogP contribution in [0.1, 0.15) is 52.5 Å². The van der Waals surface area contributed by atoms with Gasteiger partial charge in [0.25, 0.3) is 0 Å². The molecule has 4 bridgehead atoms. The zero-order valence-electron chi connectivity index (χ0n) is 29.7. The van der Waals surface area contributed by atoms with Crippen molar-refractivity contribution in [2.75, 3.05) is 39.0 Å². The number of fused-ring (bicyclic) bond motifs is 5. The zero-order valence-corrected chi connectivity index (χ0v) is 31.4. The fraction of sp³-hybridized carbons (Fsp3) is 0.600. The van der Waals surface area contributed by atoms with E-state index in [1.165, 1.54) is 38.0 Å². The number of carbonyl (C=O) groups excluding carboxylic acids is 4. The average molecular weight is 738 g/mol. The fourth-order valence-corrected chi connectivity index (χ4v) is 6.99. The van der Waals surface area contributed by atoms with Gasteiger partial charge in [-0.05, 0) is 50.6 Å². The van der Waals surface area contributed by atoms with Gasteiger partial charge in [-0.3, -0.25) is 14.9 Å². The lowest BCUT2D eigenvalue weighted by Gasteiger charge is -2.42. The number of amides is 3. The lowest BCUT2D eigenvalue weighted by atomic mass is 9.83. The Morgan fingerprint density at radius 2 is 1.98 bits per heavy atom. The van der Waals surface area contributed by atoms with Crippen LogP contribution in [0.4, 0.5) is 10.5 Å². The number of hydrogen-bond acceptors (Lipinski definition) is 11. The lowest BCUT2D eigenvalue weighted by molar-refractivity contribution is -0.161. The topological polar surface area (TPSA) is 156 Å². The number of nitrogens with one attached hydrogen (secondary N) is 1. The van der Waals surface area contributed by atoms with Crippen molar-refractivity contribution in [2.45, 2.75) is 95.2 Å². The molecule has 2 fully saturated rings. The second-order valence-electron chi connectivity index (χ2n) is 13.4. The zero-order chi connectivity index (χ0) is 37.1. The Morgan fingerprint density at radius 3 is 2.62 bits per heavy atom. The summed E-state index contributed by atoms with van der Waals surface area (Å²) in [4.78, 5) is 55.6. The Morgan fingerprint density at radius 1 is 1.28 bits per heavy atom. The van der Waals surface area contributed by atoms with Crippen LogP contribution in [0.3, 0.4) is 0 Å². The SMILES string of the molecule is COc1cc2cc(c1Cl)N(C)C(=O)C[C@@H](OC(=O)[C@H](C)N(C)C(=O)CCS)[C@]1(C)OC1[C@H](C)[C@@H]1C[C@@](O)(NC(=O)O1)[C@H](OC)C=C/C=C(\C)C2. The Balaban J connectivity index is 1.78. The first-order valence-electron chi connectivity index (χ1n) is 16.4. The molecular weight excluding hydrogens is 690 g/mol. The van der Waals surface area contributed by atoms with Crippen molar-refractivity contribution in [1.82, 2.24) is 10.2 Å². The van der Waals surface area contributed by atoms with E-state index in [1.807, 2.05) is 13.0 Å². The van der Waals surface area contributed by atoms with Crippen LogP contribution >= 0.6 is 24.2 Å². The first-order valence-corrected chi connectivity index (χ1v) is 17.5. The molecule has 1 aromatic carbocycles. The molecule has 276 valence electrons. The molecule has 0 saturated carbocycles. The third kappa shape index (κ3) is 8.42. The molecule has 0 aliphatic carbocycles. The Labute approximate surface area is 303 Å². The number of thiol groups is 1. The third-order valence-electron chi connectivity index (χ3n) is 9.85. The number of rotatable bonds is 7. The number of anilines is 1. The van der Waals surface area contributed by atoms with Gasteiger partial charge in [0.1, 0.15) is 40.7 Å². The van der Waals surface area contributed by atoms with Crippen LogP contribution < -0.4 is 15.0 Å². The summed E-state index contributed by atoms with van der Waals surface area (Å²) in [6.07, 6.45) is 1.08. The maximum atomic E-state index is 14.0. The Bertz CT molecular complexity index is 1540. The fourth-order valence-electron chi connectivity index (χ4n) is 6.49. The summed E-state index contributed by atoms with van der Waals surface area (Å²) in [5.74, 6) is -1.30. The van der Waals surface area contributed by atoms with Gasteiger partial charge in [-0.2, -0.15) is 12.6 Å². The number of halogens is 1. The summed E-state index contributed by atoms with van der Waals surface area (Å²) in [7, 11) is 5.98. The minimum Gasteiger partial charge on any atom is -0.495 e. The predicted octanol–water partition coefficient (Wildman–Crippen LogP) is 3.83. The van der Waals surface area contributed by atoms with Gasteiger partial charge in [0.05, 0.1) is 25.3 Å². The van der Waals surface area contributed by atoms with Crippen LogP contribution in [0.25, 0.3) is 0 Å². The number of esters is 1. The molecule has 0 aromatic heterocycles. The summed E-state index contributed by atoms with van der Waals surface area (Å²) in [5, 5.41) is 14.4. The van der Waals surface area contributed by atoms with Gasteiger partial charge < -0.3 is 38.6 Å². The van der Waals surface area contributed by atoms with Crippen molar-refractivity contribution in [3.63, 3.8) is 0 Å². The van der Waals surface area contributed by atoms with Gasteiger partial charge in [-0.15, -0.1) is 0 Å². The van der Waals surface area contributed by atoms with E-state index in [0.29, 0.717) is 23.6 Å². The molecule has 3 aliphatic rings. The van der Waals surface area contributed by atoms with Crippen molar-refractivity contribution in [3.05, 3.63) is 46.5 Å². The van der Waals surface area contributed by atoms with Gasteiger partial charge in [-0.25, -0.2) is 9.59 Å². The van der Waals surface area contributed by atoms with Crippen LogP contribution in [0, 0.1) is 5.92 Å². The number of allylic oxidation sites excluding steroid dienone is 3. The summed E-state index contributed by atoms with van der Waals surface area (Å²) < 4.78 is 29.0. The molecule has 3 aliphatic heterocycles. The largest absolute Gasteiger partial charge is 0.495 e. The van der Waals surface area contributed by atoms with Crippen LogP contribution in [-0.4, -0.2) is 110 Å². The molecule has 4 rings (SSSR count). The highest BCUT2D eigenvalue weighted by Crippen LogP contribution is 2.49. The number of alkyl carbamates (subject to hydrolysis) is 1. The summed E-state index contributed by atoms with van der Waals surface area (Å²) >= 11 is 10.8. The van der Waals surface area contributed by atoms with Gasteiger partial charge >= 0.3 is 12.1 Å². The smallest absolute Gasteiger partial charge is 0.409 e. The van der Waals surface area contributed by atoms with E-state index in [2.05, 4.69) is 17.9 Å². The summed E-state index contributed by atoms with van der Waals surface area (Å²) in [5.41, 5.74) is -0.903. The first kappa shape index (κ1) is 39.5. The average Bonchev–Trinajstić information content (AvgIpc) is 3.76. The molecule has 3 amide bonds. The second kappa shape index (κ2) is 15.9. The van der Waals surface area contributed by atoms with Crippen LogP contribution in [0.2, 0.25) is 5.02 Å². The quantitative estimate of drug-likeness (QED) is 0.214. The monoisotopic (exact) mass is 737 g/mol. The molecule has 15 heteroatoms. The number of likely N-dealkylation sites (N-methyl/N-ethyl adjacent to an activating group) is 1. The van der Waals surface area contributed by atoms with E-state index in [0.717, 1.165) is 11.1 Å². The Kier molecular flexibility index (Phi) is 12.6. The van der Waals surface area contributed by atoms with E-state index in [1.54, 1.807) is 45.2 Å². The van der Waals surface area contributed by atoms with E-state index >= 15 is 0 Å². The van der Waals surface area contributed by atoms with Gasteiger partial charge in [0.15, 0.2) is 5.72 Å². The molecule has 3 heterocycles. The molecule has 1 aromatic rings. The van der Waals surface area contributed by atoms with Crippen molar-refractivity contribution in [1.29, 1.82) is 0 Å². The number of aliphatic hydroxyl groups is 1. The van der Waals surface area contributed by atoms with Crippen molar-refractivity contribution in [2.24, 2.45) is 5.92 Å². The van der Waals surface area contributed by atoms with E-state index in [4.69, 9.17) is 35.3 Å². The van der Waals surface area contributed by atoms with E-state index in [-0.39, 0.29) is 30.2 Å². The molecule has 0 spiro atoms. The molecule has 50 heavy (non-hydrogen) atoms. The molecule has 2 saturated heterocycles. The second-order valence-corrected chi connectivity index (χ2v) is 14.2. The van der Waals surface area contributed by atoms with Crippen LogP contribution in [-0.2, 0) is 39.8 Å². The maximum Gasteiger partial charge on any atom is 0.409 e. The minimum absolute atomic E-state index is 0.0489. The number of nitrogens with zero attached hydrogens (tertiary/aromatic N) is 2. The normalized spacial score (nSPS) is 31.7. The predicted molar refractivity (Wildman–Crippen MR) is 189 cm³/mol. The summed E-state index contributed by atoms with van der Waals surface area (Å²) in [6.45, 7) is 6.96. The lowest BCUT2D eigenvalue weighted by Crippen LogP contribution is -2.63. The first-order chi connectivity index (χ1) is 23.5. The molecule has 1 unspecified atom stereocenters. The Hall–Kier alpha value is -3.30. The molecule has 2 N–H and O–H groups in total. The van der Waals surface area contributed by atoms with Crippen molar-refractivity contribution >= 4 is 53.8 Å². The molecule has 8 atom stereocenters. The summed E-state index contributed by atoms with van der Waals surface area (Å²) in [6, 6.07) is 2.60. The van der Waals surface area contributed by atoms with Gasteiger partial charge in [-0.1, -0.05) is 42.3 Å². The number of hydrogen-bond donors (Lipinski definition) is 3. The van der Waals surface area contributed by atoms with E-state index in [9.17, 15) is 24.3 Å². The highest BCUT2D eigenvalue weighted by Gasteiger charge is 2.64. The van der Waals surface area contributed by atoms with Crippen LogP contribution in [0.15, 0.2) is 35.9 Å². The molecule has 13 nitrogen and oxygen atoms in total. The number of methoxy groups -OCH3 is 2. The van der Waals surface area contributed by atoms with Gasteiger partial charge in [0.2, 0.25) is 11.8 Å². The highest BCUT2D eigenvalue weighted by atomic mass is 35.5. The minimum atomic E-state index is -1.82. The number of carbonyl (C=O) groups is 4. The third-order valence-corrected chi connectivity index (χ3v) is 10.5. The highest BCUT2D eigenvalue weighted by molar-refractivity contribution is 7.80. The van der Waals surface area contributed by atoms with Crippen LogP contribution in [0.5, 0.6) is 5.75 Å². The number of epoxide rings is 1. The molecular formula is C35H48ClN3O10S. The standard InChI is InChI=1S/C35H48ClN3O10S/c1-19-10-9-11-26(46-8)35(44)18-25(47-33(43)37-35)20(2)31-34(4,49-31)27(48-32(42)21(3)38(5)28(40)12-13-50)17-29(41)39(6)23-15-22(14-19)16-24(45-7)30(23)36/h9-11,15-16,20-21,25-27,31,44,50H,12-14,17-18H2,1-8H3,(H,37,43)/b11-9?,19-10+/t20-,21+,25+,26-,27-,31?,34+,35+/m1/s1. The molecule has 0 radical (unpaired) electrons. The number of ether oxygens (including phenoxy) is 5. The number of benzene rings is 1. The van der Waals surface area contributed by atoms with Crippen molar-refractivity contribution in [3.8, 4) is 5.75 Å².